The topological polar surface area (TPSA) is 42.7 Å². The molecule has 0 spiro atoms. The lowest BCUT2D eigenvalue weighted by atomic mass is 10.0. The fraction of sp³-hybridized carbons (Fsp3) is 0.833. The van der Waals surface area contributed by atoms with Crippen LogP contribution in [-0.2, 0) is 0 Å². The summed E-state index contributed by atoms with van der Waals surface area (Å²) in [6.07, 6.45) is 6.45. The van der Waals surface area contributed by atoms with E-state index >= 15 is 0 Å². The molecule has 1 heterocycles. The van der Waals surface area contributed by atoms with Crippen LogP contribution in [0.5, 0.6) is 0 Å². The van der Waals surface area contributed by atoms with E-state index in [-0.39, 0.29) is 0 Å². The molecule has 1 N–H and O–H groups in total. The Bertz CT molecular complexity index is 345. The molecule has 4 heteroatoms. The van der Waals surface area contributed by atoms with E-state index in [1.54, 1.807) is 0 Å². The minimum Gasteiger partial charge on any atom is -0.315 e. The zero-order chi connectivity index (χ0) is 11.5. The van der Waals surface area contributed by atoms with Crippen molar-refractivity contribution in [1.82, 2.24) is 20.1 Å². The predicted octanol–water partition coefficient (Wildman–Crippen LogP) is 1.99. The van der Waals surface area contributed by atoms with Crippen LogP contribution in [0.2, 0.25) is 0 Å². The van der Waals surface area contributed by atoms with Gasteiger partial charge in [-0.1, -0.05) is 19.3 Å². The second-order valence-electron chi connectivity index (χ2n) is 4.75. The molecule has 1 aliphatic rings. The molecule has 1 aliphatic carbocycles. The molecule has 2 atom stereocenters. The lowest BCUT2D eigenvalue weighted by Crippen LogP contribution is -2.35. The van der Waals surface area contributed by atoms with E-state index in [0.717, 1.165) is 11.6 Å². The van der Waals surface area contributed by atoms with Crippen molar-refractivity contribution in [1.29, 1.82) is 0 Å². The molecule has 0 aliphatic heterocycles. The summed E-state index contributed by atoms with van der Waals surface area (Å²) in [4.78, 5) is 4.41. The highest BCUT2D eigenvalue weighted by atomic mass is 15.4. The highest BCUT2D eigenvalue weighted by molar-refractivity contribution is 4.94. The van der Waals surface area contributed by atoms with Crippen molar-refractivity contribution in [3.8, 4) is 0 Å². The van der Waals surface area contributed by atoms with E-state index in [2.05, 4.69) is 34.1 Å². The van der Waals surface area contributed by atoms with Gasteiger partial charge < -0.3 is 5.32 Å². The van der Waals surface area contributed by atoms with Gasteiger partial charge >= 0.3 is 0 Å². The molecular weight excluding hydrogens is 200 g/mol. The first-order chi connectivity index (χ1) is 7.72. The van der Waals surface area contributed by atoms with Gasteiger partial charge in [0.2, 0.25) is 0 Å². The standard InChI is InChI=1S/C12H22N4/c1-9-14-10(2)16(15-9)12-8-6-4-5-7-11(12)13-3/h11-13H,4-8H2,1-3H3. The summed E-state index contributed by atoms with van der Waals surface area (Å²) in [6.45, 7) is 4.02. The number of likely N-dealkylation sites (N-methyl/N-ethyl adjacent to an activating group) is 1. The van der Waals surface area contributed by atoms with Crippen molar-refractivity contribution in [2.75, 3.05) is 7.05 Å². The lowest BCUT2D eigenvalue weighted by Gasteiger charge is -2.25. The molecular formula is C12H22N4. The van der Waals surface area contributed by atoms with Crippen LogP contribution in [0.15, 0.2) is 0 Å². The number of hydrogen-bond acceptors (Lipinski definition) is 3. The van der Waals surface area contributed by atoms with Crippen LogP contribution in [0, 0.1) is 13.8 Å². The zero-order valence-electron chi connectivity index (χ0n) is 10.5. The number of hydrogen-bond donors (Lipinski definition) is 1. The highest BCUT2D eigenvalue weighted by Gasteiger charge is 2.25. The van der Waals surface area contributed by atoms with E-state index in [1.807, 2.05) is 6.92 Å². The fourth-order valence-electron chi connectivity index (χ4n) is 2.77. The van der Waals surface area contributed by atoms with Crippen LogP contribution in [-0.4, -0.2) is 27.9 Å². The summed E-state index contributed by atoms with van der Waals surface area (Å²) < 4.78 is 2.13. The molecule has 1 aromatic heterocycles. The van der Waals surface area contributed by atoms with Crippen molar-refractivity contribution >= 4 is 0 Å². The molecule has 0 bridgehead atoms. The second kappa shape index (κ2) is 4.95. The third-order valence-electron chi connectivity index (χ3n) is 3.57. The Kier molecular flexibility index (Phi) is 3.59. The maximum atomic E-state index is 4.54. The molecule has 16 heavy (non-hydrogen) atoms. The first kappa shape index (κ1) is 11.6. The van der Waals surface area contributed by atoms with E-state index in [0.29, 0.717) is 12.1 Å². The van der Waals surface area contributed by atoms with Crippen LogP contribution in [0.4, 0.5) is 0 Å². The van der Waals surface area contributed by atoms with Crippen LogP contribution in [0.1, 0.15) is 49.8 Å². The lowest BCUT2D eigenvalue weighted by molar-refractivity contribution is 0.316. The number of nitrogens with one attached hydrogen (secondary N) is 1. The monoisotopic (exact) mass is 222 g/mol. The summed E-state index contributed by atoms with van der Waals surface area (Å²) >= 11 is 0. The Morgan fingerprint density at radius 3 is 2.56 bits per heavy atom. The van der Waals surface area contributed by atoms with Gasteiger partial charge in [-0.2, -0.15) is 5.10 Å². The number of aryl methyl sites for hydroxylation is 2. The van der Waals surface area contributed by atoms with Crippen molar-refractivity contribution in [3.05, 3.63) is 11.6 Å². The largest absolute Gasteiger partial charge is 0.315 e. The van der Waals surface area contributed by atoms with Gasteiger partial charge in [-0.25, -0.2) is 9.67 Å². The van der Waals surface area contributed by atoms with E-state index in [9.17, 15) is 0 Å². The molecule has 1 saturated carbocycles. The van der Waals surface area contributed by atoms with E-state index in [4.69, 9.17) is 0 Å². The molecule has 0 amide bonds. The molecule has 1 fully saturated rings. The highest BCUT2D eigenvalue weighted by Crippen LogP contribution is 2.27. The minimum absolute atomic E-state index is 0.480. The van der Waals surface area contributed by atoms with Crippen LogP contribution in [0.25, 0.3) is 0 Å². The maximum Gasteiger partial charge on any atom is 0.147 e. The van der Waals surface area contributed by atoms with Gasteiger partial charge in [0.25, 0.3) is 0 Å². The minimum atomic E-state index is 0.480. The predicted molar refractivity (Wildman–Crippen MR) is 64.5 cm³/mol. The Morgan fingerprint density at radius 1 is 1.19 bits per heavy atom. The molecule has 0 radical (unpaired) electrons. The summed E-state index contributed by atoms with van der Waals surface area (Å²) in [5, 5.41) is 7.98. The molecule has 4 nitrogen and oxygen atoms in total. The molecule has 2 rings (SSSR count). The summed E-state index contributed by atoms with van der Waals surface area (Å²) in [7, 11) is 2.06. The second-order valence-corrected chi connectivity index (χ2v) is 4.75. The van der Waals surface area contributed by atoms with Gasteiger partial charge in [0.05, 0.1) is 6.04 Å². The number of aromatic nitrogens is 3. The van der Waals surface area contributed by atoms with Crippen molar-refractivity contribution in [3.63, 3.8) is 0 Å². The summed E-state index contributed by atoms with van der Waals surface area (Å²) in [6, 6.07) is 1.02. The maximum absolute atomic E-state index is 4.54. The van der Waals surface area contributed by atoms with Crippen LogP contribution in [0.3, 0.4) is 0 Å². The summed E-state index contributed by atoms with van der Waals surface area (Å²) in [5.41, 5.74) is 0. The average Bonchev–Trinajstić information content (AvgIpc) is 2.51. The van der Waals surface area contributed by atoms with Gasteiger partial charge in [-0.05, 0) is 33.7 Å². The summed E-state index contributed by atoms with van der Waals surface area (Å²) in [5.74, 6) is 1.93. The van der Waals surface area contributed by atoms with E-state index in [1.165, 1.54) is 32.1 Å². The van der Waals surface area contributed by atoms with E-state index < -0.39 is 0 Å². The Hall–Kier alpha value is -0.900. The van der Waals surface area contributed by atoms with Crippen LogP contribution < -0.4 is 5.32 Å². The Morgan fingerprint density at radius 2 is 1.94 bits per heavy atom. The van der Waals surface area contributed by atoms with Crippen molar-refractivity contribution < 1.29 is 0 Å². The van der Waals surface area contributed by atoms with Crippen LogP contribution >= 0.6 is 0 Å². The smallest absolute Gasteiger partial charge is 0.147 e. The molecule has 2 unspecified atom stereocenters. The average molecular weight is 222 g/mol. The Labute approximate surface area is 97.5 Å². The van der Waals surface area contributed by atoms with Gasteiger partial charge in [-0.15, -0.1) is 0 Å². The SMILES string of the molecule is CNC1CCCCCC1n1nc(C)nc1C. The first-order valence-electron chi connectivity index (χ1n) is 6.29. The third kappa shape index (κ3) is 2.26. The Balaban J connectivity index is 2.24. The quantitative estimate of drug-likeness (QED) is 0.778. The third-order valence-corrected chi connectivity index (χ3v) is 3.57. The normalized spacial score (nSPS) is 26.7. The fourth-order valence-corrected chi connectivity index (χ4v) is 2.77. The molecule has 0 saturated heterocycles. The number of nitrogens with zero attached hydrogens (tertiary/aromatic N) is 3. The first-order valence-corrected chi connectivity index (χ1v) is 6.29. The van der Waals surface area contributed by atoms with Crippen molar-refractivity contribution in [2.24, 2.45) is 0 Å². The van der Waals surface area contributed by atoms with Gasteiger partial charge in [0, 0.05) is 6.04 Å². The molecule has 1 aromatic rings. The van der Waals surface area contributed by atoms with Crippen molar-refractivity contribution in [2.45, 2.75) is 58.0 Å². The van der Waals surface area contributed by atoms with Gasteiger partial charge in [0.1, 0.15) is 11.6 Å². The zero-order valence-corrected chi connectivity index (χ0v) is 10.5. The van der Waals surface area contributed by atoms with Gasteiger partial charge in [-0.3, -0.25) is 0 Å². The molecule has 0 aromatic carbocycles. The molecule has 90 valence electrons. The van der Waals surface area contributed by atoms with Gasteiger partial charge in [0.15, 0.2) is 0 Å². The number of rotatable bonds is 2.